The van der Waals surface area contributed by atoms with Crippen LogP contribution in [0.2, 0.25) is 0 Å². The quantitative estimate of drug-likeness (QED) is 0.684. The SMILES string of the molecule is COc1ccc(NC(=O)NCCc2cc(OC)c(OC)c(OC)c2)cc1OC. The Labute approximate surface area is 164 Å². The summed E-state index contributed by atoms with van der Waals surface area (Å²) in [5, 5.41) is 5.58. The van der Waals surface area contributed by atoms with Gasteiger partial charge >= 0.3 is 6.03 Å². The molecule has 0 unspecified atom stereocenters. The van der Waals surface area contributed by atoms with Gasteiger partial charge in [-0.15, -0.1) is 0 Å². The number of methoxy groups -OCH3 is 5. The third kappa shape index (κ3) is 5.12. The number of amides is 2. The Morgan fingerprint density at radius 1 is 0.786 bits per heavy atom. The van der Waals surface area contributed by atoms with E-state index >= 15 is 0 Å². The summed E-state index contributed by atoms with van der Waals surface area (Å²) in [5.74, 6) is 2.82. The van der Waals surface area contributed by atoms with Crippen molar-refractivity contribution < 1.29 is 28.5 Å². The summed E-state index contributed by atoms with van der Waals surface area (Å²) in [7, 11) is 7.78. The Morgan fingerprint density at radius 2 is 1.39 bits per heavy atom. The van der Waals surface area contributed by atoms with Crippen molar-refractivity contribution >= 4 is 11.7 Å². The summed E-state index contributed by atoms with van der Waals surface area (Å²) >= 11 is 0. The number of anilines is 1. The highest BCUT2D eigenvalue weighted by Gasteiger charge is 2.13. The van der Waals surface area contributed by atoms with E-state index in [-0.39, 0.29) is 6.03 Å². The number of nitrogens with one attached hydrogen (secondary N) is 2. The third-order valence-corrected chi connectivity index (χ3v) is 4.07. The summed E-state index contributed by atoms with van der Waals surface area (Å²) in [5.41, 5.74) is 1.55. The summed E-state index contributed by atoms with van der Waals surface area (Å²) in [6.45, 7) is 0.428. The van der Waals surface area contributed by atoms with Crippen LogP contribution in [0.15, 0.2) is 30.3 Å². The molecular weight excluding hydrogens is 364 g/mol. The molecule has 2 amide bonds. The Kier molecular flexibility index (Phi) is 7.62. The van der Waals surface area contributed by atoms with E-state index < -0.39 is 0 Å². The van der Waals surface area contributed by atoms with Crippen LogP contribution in [-0.2, 0) is 6.42 Å². The molecule has 0 heterocycles. The molecule has 0 fully saturated rings. The second-order valence-electron chi connectivity index (χ2n) is 5.73. The van der Waals surface area contributed by atoms with Crippen LogP contribution in [-0.4, -0.2) is 48.1 Å². The minimum Gasteiger partial charge on any atom is -0.493 e. The van der Waals surface area contributed by atoms with Gasteiger partial charge < -0.3 is 34.3 Å². The Morgan fingerprint density at radius 3 is 1.93 bits per heavy atom. The molecule has 0 bridgehead atoms. The lowest BCUT2D eigenvalue weighted by Crippen LogP contribution is -2.30. The maximum atomic E-state index is 12.1. The van der Waals surface area contributed by atoms with Crippen molar-refractivity contribution in [2.45, 2.75) is 6.42 Å². The monoisotopic (exact) mass is 390 g/mol. The van der Waals surface area contributed by atoms with Crippen LogP contribution in [0, 0.1) is 0 Å². The normalized spacial score (nSPS) is 10.0. The minimum atomic E-state index is -0.320. The predicted octanol–water partition coefficient (Wildman–Crippen LogP) is 3.09. The van der Waals surface area contributed by atoms with Crippen LogP contribution in [0.3, 0.4) is 0 Å². The number of carbonyl (C=O) groups is 1. The Hall–Kier alpha value is -3.29. The molecule has 28 heavy (non-hydrogen) atoms. The fourth-order valence-corrected chi connectivity index (χ4v) is 2.69. The molecule has 0 aliphatic heterocycles. The Balaban J connectivity index is 1.95. The first-order valence-corrected chi connectivity index (χ1v) is 8.62. The average molecular weight is 390 g/mol. The van der Waals surface area contributed by atoms with E-state index in [0.29, 0.717) is 47.4 Å². The summed E-state index contributed by atoms with van der Waals surface area (Å²) in [4.78, 5) is 12.1. The number of benzene rings is 2. The zero-order valence-corrected chi connectivity index (χ0v) is 16.8. The van der Waals surface area contributed by atoms with E-state index in [1.165, 1.54) is 0 Å². The molecule has 0 aliphatic rings. The number of carbonyl (C=O) groups excluding carboxylic acids is 1. The van der Waals surface area contributed by atoms with Gasteiger partial charge in [0, 0.05) is 18.3 Å². The van der Waals surface area contributed by atoms with Gasteiger partial charge in [-0.1, -0.05) is 0 Å². The predicted molar refractivity (Wildman–Crippen MR) is 106 cm³/mol. The molecular formula is C20H26N2O6. The van der Waals surface area contributed by atoms with Crippen LogP contribution in [0.25, 0.3) is 0 Å². The van der Waals surface area contributed by atoms with Gasteiger partial charge in [-0.3, -0.25) is 0 Å². The second-order valence-corrected chi connectivity index (χ2v) is 5.73. The number of ether oxygens (including phenoxy) is 5. The summed E-state index contributed by atoms with van der Waals surface area (Å²) in [6, 6.07) is 8.55. The zero-order chi connectivity index (χ0) is 20.5. The molecule has 8 nitrogen and oxygen atoms in total. The lowest BCUT2D eigenvalue weighted by atomic mass is 10.1. The standard InChI is InChI=1S/C20H26N2O6/c1-24-15-7-6-14(12-16(15)25-2)22-20(23)21-9-8-13-10-17(26-3)19(28-5)18(11-13)27-4/h6-7,10-12H,8-9H2,1-5H3,(H2,21,22,23). The molecule has 152 valence electrons. The highest BCUT2D eigenvalue weighted by Crippen LogP contribution is 2.38. The van der Waals surface area contributed by atoms with E-state index in [1.54, 1.807) is 53.7 Å². The van der Waals surface area contributed by atoms with Crippen molar-refractivity contribution in [1.29, 1.82) is 0 Å². The van der Waals surface area contributed by atoms with Gasteiger partial charge in [-0.05, 0) is 36.2 Å². The molecule has 0 aliphatic carbocycles. The maximum absolute atomic E-state index is 12.1. The zero-order valence-electron chi connectivity index (χ0n) is 16.8. The fraction of sp³-hybridized carbons (Fsp3) is 0.350. The first-order chi connectivity index (χ1) is 13.6. The highest BCUT2D eigenvalue weighted by molar-refractivity contribution is 5.89. The largest absolute Gasteiger partial charge is 0.493 e. The third-order valence-electron chi connectivity index (χ3n) is 4.07. The van der Waals surface area contributed by atoms with Crippen LogP contribution >= 0.6 is 0 Å². The van der Waals surface area contributed by atoms with Crippen LogP contribution < -0.4 is 34.3 Å². The topological polar surface area (TPSA) is 87.3 Å². The molecule has 2 aromatic carbocycles. The van der Waals surface area contributed by atoms with Gasteiger partial charge in [0.05, 0.1) is 35.5 Å². The number of rotatable bonds is 9. The molecule has 0 spiro atoms. The minimum absolute atomic E-state index is 0.320. The maximum Gasteiger partial charge on any atom is 0.319 e. The first kappa shape index (κ1) is 21.0. The van der Waals surface area contributed by atoms with E-state index in [1.807, 2.05) is 12.1 Å². The lowest BCUT2D eigenvalue weighted by Gasteiger charge is -2.14. The van der Waals surface area contributed by atoms with Crippen LogP contribution in [0.5, 0.6) is 28.7 Å². The molecule has 2 aromatic rings. The van der Waals surface area contributed by atoms with E-state index in [0.717, 1.165) is 5.56 Å². The molecule has 2 N–H and O–H groups in total. The van der Waals surface area contributed by atoms with Gasteiger partial charge in [-0.2, -0.15) is 0 Å². The van der Waals surface area contributed by atoms with Gasteiger partial charge in [0.2, 0.25) is 5.75 Å². The number of urea groups is 1. The van der Waals surface area contributed by atoms with Crippen LogP contribution in [0.4, 0.5) is 10.5 Å². The molecule has 0 saturated carbocycles. The fourth-order valence-electron chi connectivity index (χ4n) is 2.69. The number of hydrogen-bond donors (Lipinski definition) is 2. The smallest absolute Gasteiger partial charge is 0.319 e. The van der Waals surface area contributed by atoms with Crippen molar-refractivity contribution in [2.24, 2.45) is 0 Å². The lowest BCUT2D eigenvalue weighted by molar-refractivity contribution is 0.252. The van der Waals surface area contributed by atoms with Crippen molar-refractivity contribution in [3.8, 4) is 28.7 Å². The number of hydrogen-bond acceptors (Lipinski definition) is 6. The van der Waals surface area contributed by atoms with E-state index in [2.05, 4.69) is 10.6 Å². The van der Waals surface area contributed by atoms with E-state index in [4.69, 9.17) is 23.7 Å². The first-order valence-electron chi connectivity index (χ1n) is 8.62. The molecule has 2 rings (SSSR count). The second kappa shape index (κ2) is 10.1. The van der Waals surface area contributed by atoms with E-state index in [9.17, 15) is 4.79 Å². The van der Waals surface area contributed by atoms with Gasteiger partial charge in [0.25, 0.3) is 0 Å². The van der Waals surface area contributed by atoms with Gasteiger partial charge in [-0.25, -0.2) is 4.79 Å². The van der Waals surface area contributed by atoms with Gasteiger partial charge in [0.15, 0.2) is 23.0 Å². The average Bonchev–Trinajstić information content (AvgIpc) is 2.72. The van der Waals surface area contributed by atoms with Crippen LogP contribution in [0.1, 0.15) is 5.56 Å². The van der Waals surface area contributed by atoms with Crippen molar-refractivity contribution in [3.05, 3.63) is 35.9 Å². The van der Waals surface area contributed by atoms with Gasteiger partial charge in [0.1, 0.15) is 0 Å². The molecule has 0 radical (unpaired) electrons. The molecule has 8 heteroatoms. The highest BCUT2D eigenvalue weighted by atomic mass is 16.5. The molecule has 0 aromatic heterocycles. The molecule has 0 atom stereocenters. The van der Waals surface area contributed by atoms with Crippen molar-refractivity contribution in [3.63, 3.8) is 0 Å². The Bertz CT molecular complexity index is 784. The molecule has 0 saturated heterocycles. The summed E-state index contributed by atoms with van der Waals surface area (Å²) in [6.07, 6.45) is 0.593. The van der Waals surface area contributed by atoms with Crippen molar-refractivity contribution in [1.82, 2.24) is 5.32 Å². The summed E-state index contributed by atoms with van der Waals surface area (Å²) < 4.78 is 26.4. The van der Waals surface area contributed by atoms with Crippen molar-refractivity contribution in [2.75, 3.05) is 47.4 Å².